The monoisotopic (exact) mass is 464 g/mol. The van der Waals surface area contributed by atoms with Gasteiger partial charge in [0.1, 0.15) is 5.82 Å². The molecule has 1 N–H and O–H groups in total. The third-order valence-electron chi connectivity index (χ3n) is 7.54. The molecule has 2 aliphatic rings. The van der Waals surface area contributed by atoms with Crippen molar-refractivity contribution < 1.29 is 13.9 Å². The van der Waals surface area contributed by atoms with Crippen LogP contribution in [0.4, 0.5) is 4.39 Å². The Morgan fingerprint density at radius 3 is 2.85 bits per heavy atom. The van der Waals surface area contributed by atoms with Crippen molar-refractivity contribution in [2.75, 3.05) is 46.4 Å². The van der Waals surface area contributed by atoms with E-state index in [2.05, 4.69) is 28.2 Å². The fourth-order valence-electron chi connectivity index (χ4n) is 5.59. The van der Waals surface area contributed by atoms with Crippen LogP contribution in [0, 0.1) is 17.2 Å². The number of carbonyl (C=O) groups excluding carboxylic acids is 1. The van der Waals surface area contributed by atoms with Crippen molar-refractivity contribution in [2.24, 2.45) is 11.3 Å². The molecule has 1 aromatic heterocycles. The molecular formula is C27H33FN4O2. The standard InChI is InChI=1S/C27H33FN4O2/c1-31-10-8-27(9-11-31,16-20-4-2-6-23(28)15-20)26(33)32-12-13-34-19-21(18-32)14-22-5-3-7-25-24(22)17-29-30-25/h2-7,15,17,21H,8-14,16,18-19H2,1H3,(H,29,30). The minimum atomic E-state index is -0.500. The van der Waals surface area contributed by atoms with Gasteiger partial charge in [-0.05, 0) is 75.1 Å². The highest BCUT2D eigenvalue weighted by molar-refractivity contribution is 5.84. The molecule has 2 fully saturated rings. The topological polar surface area (TPSA) is 61.5 Å². The molecular weight excluding hydrogens is 431 g/mol. The molecule has 1 unspecified atom stereocenters. The van der Waals surface area contributed by atoms with Crippen LogP contribution in [0.25, 0.3) is 10.9 Å². The molecule has 1 amide bonds. The molecule has 1 atom stereocenters. The third kappa shape index (κ3) is 4.86. The largest absolute Gasteiger partial charge is 0.379 e. The second-order valence-electron chi connectivity index (χ2n) is 10.0. The van der Waals surface area contributed by atoms with E-state index in [4.69, 9.17) is 4.74 Å². The smallest absolute Gasteiger partial charge is 0.229 e. The highest BCUT2D eigenvalue weighted by Gasteiger charge is 2.43. The number of hydrogen-bond acceptors (Lipinski definition) is 4. The molecule has 0 spiro atoms. The molecule has 7 heteroatoms. The molecule has 0 saturated carbocycles. The lowest BCUT2D eigenvalue weighted by atomic mass is 9.72. The van der Waals surface area contributed by atoms with Crippen LogP contribution >= 0.6 is 0 Å². The molecule has 2 saturated heterocycles. The first-order valence-electron chi connectivity index (χ1n) is 12.2. The fourth-order valence-corrected chi connectivity index (χ4v) is 5.59. The zero-order valence-corrected chi connectivity index (χ0v) is 19.8. The number of rotatable bonds is 5. The molecule has 34 heavy (non-hydrogen) atoms. The van der Waals surface area contributed by atoms with E-state index in [0.29, 0.717) is 32.7 Å². The Labute approximate surface area is 200 Å². The Morgan fingerprint density at radius 2 is 2.03 bits per heavy atom. The lowest BCUT2D eigenvalue weighted by Gasteiger charge is -2.42. The quantitative estimate of drug-likeness (QED) is 0.626. The number of amides is 1. The zero-order valence-electron chi connectivity index (χ0n) is 19.8. The molecule has 3 heterocycles. The van der Waals surface area contributed by atoms with Gasteiger partial charge in [-0.3, -0.25) is 9.89 Å². The zero-order chi connectivity index (χ0) is 23.5. The van der Waals surface area contributed by atoms with Crippen LogP contribution in [0.15, 0.2) is 48.7 Å². The van der Waals surface area contributed by atoms with Crippen LogP contribution in [-0.2, 0) is 22.4 Å². The summed E-state index contributed by atoms with van der Waals surface area (Å²) < 4.78 is 19.9. The van der Waals surface area contributed by atoms with E-state index in [9.17, 15) is 9.18 Å². The molecule has 180 valence electrons. The van der Waals surface area contributed by atoms with E-state index in [1.54, 1.807) is 12.1 Å². The van der Waals surface area contributed by atoms with Gasteiger partial charge in [-0.25, -0.2) is 4.39 Å². The molecule has 6 nitrogen and oxygen atoms in total. The number of halogens is 1. The maximum absolute atomic E-state index is 14.1. The molecule has 5 rings (SSSR count). The van der Waals surface area contributed by atoms with Gasteiger partial charge in [0.15, 0.2) is 0 Å². The predicted octanol–water partition coefficient (Wildman–Crippen LogP) is 3.67. The van der Waals surface area contributed by atoms with Gasteiger partial charge in [-0.1, -0.05) is 24.3 Å². The van der Waals surface area contributed by atoms with Crippen molar-refractivity contribution in [3.8, 4) is 0 Å². The maximum Gasteiger partial charge on any atom is 0.229 e. The number of piperidine rings is 1. The van der Waals surface area contributed by atoms with E-state index < -0.39 is 5.41 Å². The number of likely N-dealkylation sites (tertiary alicyclic amines) is 1. The van der Waals surface area contributed by atoms with Gasteiger partial charge in [-0.2, -0.15) is 5.10 Å². The van der Waals surface area contributed by atoms with Gasteiger partial charge in [0.05, 0.1) is 30.3 Å². The minimum absolute atomic E-state index is 0.196. The number of carbonyl (C=O) groups is 1. The van der Waals surface area contributed by atoms with Crippen molar-refractivity contribution in [3.63, 3.8) is 0 Å². The summed E-state index contributed by atoms with van der Waals surface area (Å²) in [5.74, 6) is 0.163. The first-order chi connectivity index (χ1) is 16.5. The summed E-state index contributed by atoms with van der Waals surface area (Å²) in [6.45, 7) is 4.21. The summed E-state index contributed by atoms with van der Waals surface area (Å²) in [5, 5.41) is 8.35. The number of benzene rings is 2. The normalized spacial score (nSPS) is 21.5. The molecule has 2 aromatic carbocycles. The molecule has 2 aliphatic heterocycles. The average Bonchev–Trinajstić information content (AvgIpc) is 3.20. The average molecular weight is 465 g/mol. The summed E-state index contributed by atoms with van der Waals surface area (Å²) in [6, 6.07) is 12.9. The third-order valence-corrected chi connectivity index (χ3v) is 7.54. The number of aromatic nitrogens is 2. The van der Waals surface area contributed by atoms with Gasteiger partial charge in [0.25, 0.3) is 0 Å². The van der Waals surface area contributed by atoms with Gasteiger partial charge in [0, 0.05) is 24.4 Å². The van der Waals surface area contributed by atoms with E-state index in [-0.39, 0.29) is 17.6 Å². The molecule has 0 radical (unpaired) electrons. The number of H-pyrrole nitrogens is 1. The van der Waals surface area contributed by atoms with Gasteiger partial charge in [0.2, 0.25) is 5.91 Å². The molecule has 0 bridgehead atoms. The van der Waals surface area contributed by atoms with Crippen LogP contribution in [0.1, 0.15) is 24.0 Å². The lowest BCUT2D eigenvalue weighted by molar-refractivity contribution is -0.145. The van der Waals surface area contributed by atoms with Crippen LogP contribution in [0.5, 0.6) is 0 Å². The second-order valence-corrected chi connectivity index (χ2v) is 10.0. The van der Waals surface area contributed by atoms with Crippen molar-refractivity contribution >= 4 is 16.8 Å². The van der Waals surface area contributed by atoms with Crippen LogP contribution in [0.3, 0.4) is 0 Å². The van der Waals surface area contributed by atoms with E-state index >= 15 is 0 Å². The summed E-state index contributed by atoms with van der Waals surface area (Å²) in [4.78, 5) is 18.4. The lowest BCUT2D eigenvalue weighted by Crippen LogP contribution is -2.52. The van der Waals surface area contributed by atoms with Crippen molar-refractivity contribution in [1.82, 2.24) is 20.0 Å². The van der Waals surface area contributed by atoms with Crippen LogP contribution in [0.2, 0.25) is 0 Å². The second kappa shape index (κ2) is 9.84. The fraction of sp³-hybridized carbons (Fsp3) is 0.481. The van der Waals surface area contributed by atoms with Crippen molar-refractivity contribution in [1.29, 1.82) is 0 Å². The summed E-state index contributed by atoms with van der Waals surface area (Å²) in [6.07, 6.45) is 4.86. The first kappa shape index (κ1) is 23.0. The maximum atomic E-state index is 14.1. The number of aromatic amines is 1. The number of nitrogens with zero attached hydrogens (tertiary/aromatic N) is 3. The van der Waals surface area contributed by atoms with E-state index in [1.165, 1.54) is 11.6 Å². The molecule has 0 aliphatic carbocycles. The summed E-state index contributed by atoms with van der Waals surface area (Å²) in [7, 11) is 2.10. The van der Waals surface area contributed by atoms with Crippen LogP contribution < -0.4 is 0 Å². The van der Waals surface area contributed by atoms with Gasteiger partial charge >= 0.3 is 0 Å². The molecule has 3 aromatic rings. The van der Waals surface area contributed by atoms with Gasteiger partial charge < -0.3 is 14.5 Å². The summed E-state index contributed by atoms with van der Waals surface area (Å²) in [5.41, 5.74) is 2.65. The highest BCUT2D eigenvalue weighted by Crippen LogP contribution is 2.38. The number of ether oxygens (including phenoxy) is 1. The van der Waals surface area contributed by atoms with Crippen molar-refractivity contribution in [2.45, 2.75) is 25.7 Å². The van der Waals surface area contributed by atoms with Crippen molar-refractivity contribution in [3.05, 3.63) is 65.6 Å². The Kier molecular flexibility index (Phi) is 6.66. The van der Waals surface area contributed by atoms with Crippen LogP contribution in [-0.4, -0.2) is 72.3 Å². The SMILES string of the molecule is CN1CCC(Cc2cccc(F)c2)(C(=O)N2CCOCC(Cc3cccc4[nH]ncc34)C2)CC1. The number of fused-ring (bicyclic) bond motifs is 1. The Morgan fingerprint density at radius 1 is 1.21 bits per heavy atom. The minimum Gasteiger partial charge on any atom is -0.379 e. The highest BCUT2D eigenvalue weighted by atomic mass is 19.1. The first-order valence-corrected chi connectivity index (χ1v) is 12.2. The Hall–Kier alpha value is -2.77. The summed E-state index contributed by atoms with van der Waals surface area (Å²) >= 11 is 0. The Bertz CT molecular complexity index is 1140. The van der Waals surface area contributed by atoms with Gasteiger partial charge in [-0.15, -0.1) is 0 Å². The predicted molar refractivity (Wildman–Crippen MR) is 130 cm³/mol. The number of hydrogen-bond donors (Lipinski definition) is 1. The van der Waals surface area contributed by atoms with E-state index in [0.717, 1.165) is 48.8 Å². The number of nitrogens with one attached hydrogen (secondary N) is 1. The Balaban J connectivity index is 1.37. The van der Waals surface area contributed by atoms with E-state index in [1.807, 2.05) is 29.3 Å².